The van der Waals surface area contributed by atoms with Gasteiger partial charge in [0.1, 0.15) is 0 Å². The molecule has 1 amide bonds. The van der Waals surface area contributed by atoms with E-state index in [1.807, 2.05) is 0 Å². The molecule has 0 saturated carbocycles. The molecule has 1 aromatic rings. The number of carbonyl (C=O) groups is 2. The van der Waals surface area contributed by atoms with Crippen LogP contribution in [0.15, 0.2) is 24.3 Å². The van der Waals surface area contributed by atoms with Crippen molar-refractivity contribution < 1.29 is 41.0 Å². The van der Waals surface area contributed by atoms with Crippen molar-refractivity contribution in [3.8, 4) is 11.5 Å². The van der Waals surface area contributed by atoms with E-state index in [-0.39, 0.29) is 23.0 Å². The van der Waals surface area contributed by atoms with Gasteiger partial charge < -0.3 is 19.1 Å². The van der Waals surface area contributed by atoms with E-state index < -0.39 is 41.0 Å². The topological polar surface area (TPSA) is 99.2 Å². The van der Waals surface area contributed by atoms with Crippen LogP contribution in [0.4, 0.5) is 8.78 Å². The van der Waals surface area contributed by atoms with Crippen molar-refractivity contribution >= 4 is 27.8 Å². The fraction of sp³-hybridized carbons (Fsp3) is 0.444. The van der Waals surface area contributed by atoms with Gasteiger partial charge >= 0.3 is 12.6 Å². The molecule has 0 aliphatic carbocycles. The molecule has 0 unspecified atom stereocenters. The van der Waals surface area contributed by atoms with Crippen molar-refractivity contribution in [2.75, 3.05) is 32.3 Å². The van der Waals surface area contributed by atoms with Crippen LogP contribution in [0.3, 0.4) is 0 Å². The van der Waals surface area contributed by atoms with E-state index in [1.165, 1.54) is 43.3 Å². The van der Waals surface area contributed by atoms with Gasteiger partial charge in [0.05, 0.1) is 18.6 Å². The highest BCUT2D eigenvalue weighted by atomic mass is 32.2. The lowest BCUT2D eigenvalue weighted by Gasteiger charge is -2.22. The monoisotopic (exact) mass is 433 g/mol. The van der Waals surface area contributed by atoms with E-state index >= 15 is 0 Å². The molecule has 0 aromatic heterocycles. The number of amides is 1. The molecule has 8 nitrogen and oxygen atoms in total. The summed E-state index contributed by atoms with van der Waals surface area (Å²) in [5.41, 5.74) is 0.458. The number of alkyl halides is 2. The lowest BCUT2D eigenvalue weighted by atomic mass is 10.2. The Kier molecular flexibility index (Phi) is 7.54. The van der Waals surface area contributed by atoms with Gasteiger partial charge in [-0.15, -0.1) is 0 Å². The Hall–Kier alpha value is -2.69. The minimum atomic E-state index is -3.13. The molecule has 0 bridgehead atoms. The predicted molar refractivity (Wildman–Crippen MR) is 99.4 cm³/mol. The van der Waals surface area contributed by atoms with E-state index in [2.05, 4.69) is 4.74 Å². The van der Waals surface area contributed by atoms with Crippen LogP contribution in [0.5, 0.6) is 11.5 Å². The molecule has 160 valence electrons. The number of sulfone groups is 1. The molecule has 1 aromatic carbocycles. The molecule has 1 saturated heterocycles. The SMILES string of the molecule is COc1cc(/C=C\C(=O)OCC(=O)N(C)[C@@H]2CCS(=O)(=O)C2)ccc1OC(F)F. The Labute approximate surface area is 166 Å². The number of hydrogen-bond donors (Lipinski definition) is 0. The van der Waals surface area contributed by atoms with Crippen molar-refractivity contribution in [2.24, 2.45) is 0 Å². The second-order valence-corrected chi connectivity index (χ2v) is 8.52. The van der Waals surface area contributed by atoms with Crippen LogP contribution in [-0.2, 0) is 24.2 Å². The number of carbonyl (C=O) groups excluding carboxylic acids is 2. The normalized spacial score (nSPS) is 18.0. The zero-order chi connectivity index (χ0) is 21.6. The Morgan fingerprint density at radius 3 is 2.62 bits per heavy atom. The van der Waals surface area contributed by atoms with Crippen LogP contribution in [0.25, 0.3) is 6.08 Å². The minimum absolute atomic E-state index is 0.0302. The molecule has 0 spiro atoms. The summed E-state index contributed by atoms with van der Waals surface area (Å²) in [5.74, 6) is -1.46. The van der Waals surface area contributed by atoms with Gasteiger partial charge in [0, 0.05) is 19.2 Å². The van der Waals surface area contributed by atoms with Gasteiger partial charge in [0.15, 0.2) is 27.9 Å². The summed E-state index contributed by atoms with van der Waals surface area (Å²) in [6.07, 6.45) is 2.77. The maximum absolute atomic E-state index is 12.3. The quantitative estimate of drug-likeness (QED) is 0.453. The summed E-state index contributed by atoms with van der Waals surface area (Å²) in [4.78, 5) is 25.1. The molecule has 0 N–H and O–H groups in total. The second kappa shape index (κ2) is 9.68. The summed E-state index contributed by atoms with van der Waals surface area (Å²) in [7, 11) is -0.384. The second-order valence-electron chi connectivity index (χ2n) is 6.29. The molecule has 1 atom stereocenters. The van der Waals surface area contributed by atoms with Gasteiger partial charge in [-0.05, 0) is 30.2 Å². The molecule has 1 aliphatic heterocycles. The largest absolute Gasteiger partial charge is 0.493 e. The summed E-state index contributed by atoms with van der Waals surface area (Å²) in [6, 6.07) is 3.66. The Bertz CT molecular complexity index is 886. The number of halogens is 2. The lowest BCUT2D eigenvalue weighted by Crippen LogP contribution is -2.40. The molecule has 0 radical (unpaired) electrons. The van der Waals surface area contributed by atoms with Gasteiger partial charge in [-0.25, -0.2) is 13.2 Å². The molecule has 2 rings (SSSR count). The molecular weight excluding hydrogens is 412 g/mol. The molecular formula is C18H21F2NO7S. The van der Waals surface area contributed by atoms with Gasteiger partial charge in [-0.3, -0.25) is 4.79 Å². The maximum atomic E-state index is 12.3. The summed E-state index contributed by atoms with van der Waals surface area (Å²) in [6.45, 7) is -3.53. The lowest BCUT2D eigenvalue weighted by molar-refractivity contribution is -0.148. The summed E-state index contributed by atoms with van der Waals surface area (Å²) in [5, 5.41) is 0. The zero-order valence-corrected chi connectivity index (χ0v) is 16.7. The number of benzene rings is 1. The third kappa shape index (κ3) is 6.70. The molecule has 11 heteroatoms. The smallest absolute Gasteiger partial charge is 0.387 e. The third-order valence-electron chi connectivity index (χ3n) is 4.30. The van der Waals surface area contributed by atoms with Crippen LogP contribution >= 0.6 is 0 Å². The number of likely N-dealkylation sites (N-methyl/N-ethyl adjacent to an activating group) is 1. The van der Waals surface area contributed by atoms with Crippen molar-refractivity contribution in [2.45, 2.75) is 19.1 Å². The first-order chi connectivity index (χ1) is 13.6. The summed E-state index contributed by atoms with van der Waals surface area (Å²) < 4.78 is 61.8. The van der Waals surface area contributed by atoms with Crippen LogP contribution in [0.1, 0.15) is 12.0 Å². The maximum Gasteiger partial charge on any atom is 0.387 e. The fourth-order valence-corrected chi connectivity index (χ4v) is 4.49. The highest BCUT2D eigenvalue weighted by molar-refractivity contribution is 7.91. The number of methoxy groups -OCH3 is 1. The van der Waals surface area contributed by atoms with E-state index in [1.54, 1.807) is 0 Å². The van der Waals surface area contributed by atoms with Crippen LogP contribution in [-0.4, -0.2) is 70.1 Å². The zero-order valence-electron chi connectivity index (χ0n) is 15.8. The average Bonchev–Trinajstić information content (AvgIpc) is 3.03. The fourth-order valence-electron chi connectivity index (χ4n) is 2.71. The Morgan fingerprint density at radius 1 is 1.31 bits per heavy atom. The highest BCUT2D eigenvalue weighted by Gasteiger charge is 2.32. The Morgan fingerprint density at radius 2 is 2.03 bits per heavy atom. The predicted octanol–water partition coefficient (Wildman–Crippen LogP) is 1.50. The van der Waals surface area contributed by atoms with E-state index in [4.69, 9.17) is 9.47 Å². The van der Waals surface area contributed by atoms with Gasteiger partial charge in [0.2, 0.25) is 0 Å². The minimum Gasteiger partial charge on any atom is -0.493 e. The first kappa shape index (κ1) is 22.6. The Balaban J connectivity index is 1.88. The summed E-state index contributed by atoms with van der Waals surface area (Å²) >= 11 is 0. The highest BCUT2D eigenvalue weighted by Crippen LogP contribution is 2.29. The molecule has 1 aliphatic rings. The number of esters is 1. The van der Waals surface area contributed by atoms with Crippen molar-refractivity contribution in [1.82, 2.24) is 4.90 Å². The number of rotatable bonds is 8. The number of hydrogen-bond acceptors (Lipinski definition) is 7. The van der Waals surface area contributed by atoms with E-state index in [9.17, 15) is 26.8 Å². The van der Waals surface area contributed by atoms with Gasteiger partial charge in [-0.2, -0.15) is 8.78 Å². The van der Waals surface area contributed by atoms with E-state index in [0.29, 0.717) is 12.0 Å². The van der Waals surface area contributed by atoms with Crippen LogP contribution in [0, 0.1) is 0 Å². The third-order valence-corrected chi connectivity index (χ3v) is 6.05. The van der Waals surface area contributed by atoms with Gasteiger partial charge in [0.25, 0.3) is 5.91 Å². The number of nitrogens with zero attached hydrogens (tertiary/aromatic N) is 1. The number of ether oxygens (including phenoxy) is 3. The molecule has 1 fully saturated rings. The molecule has 1 heterocycles. The van der Waals surface area contributed by atoms with Crippen molar-refractivity contribution in [3.63, 3.8) is 0 Å². The van der Waals surface area contributed by atoms with Crippen molar-refractivity contribution in [1.29, 1.82) is 0 Å². The first-order valence-electron chi connectivity index (χ1n) is 8.55. The average molecular weight is 433 g/mol. The van der Waals surface area contributed by atoms with Crippen LogP contribution in [0.2, 0.25) is 0 Å². The molecule has 29 heavy (non-hydrogen) atoms. The standard InChI is InChI=1S/C18H21F2NO7S/c1-21(13-7-8-29(24,25)11-13)16(22)10-27-17(23)6-4-12-3-5-14(28-18(19)20)15(9-12)26-2/h3-6,9,13,18H,7-8,10-11H2,1-2H3/b6-4-/t13-/m1/s1. The van der Waals surface area contributed by atoms with E-state index in [0.717, 1.165) is 6.08 Å². The van der Waals surface area contributed by atoms with Gasteiger partial charge in [-0.1, -0.05) is 6.07 Å². The van der Waals surface area contributed by atoms with Crippen molar-refractivity contribution in [3.05, 3.63) is 29.8 Å². The first-order valence-corrected chi connectivity index (χ1v) is 10.4. The van der Waals surface area contributed by atoms with Crippen LogP contribution < -0.4 is 9.47 Å².